The first kappa shape index (κ1) is 13.4. The van der Waals surface area contributed by atoms with E-state index >= 15 is 0 Å². The number of anilines is 1. The molecule has 0 fully saturated rings. The summed E-state index contributed by atoms with van der Waals surface area (Å²) in [5, 5.41) is 10.4. The highest BCUT2D eigenvalue weighted by molar-refractivity contribution is 6.05. The second-order valence-corrected chi connectivity index (χ2v) is 4.33. The number of hydrogen-bond donors (Lipinski definition) is 3. The fraction of sp³-hybridized carbons (Fsp3) is 0.385. The van der Waals surface area contributed by atoms with Crippen LogP contribution in [0, 0.1) is 0 Å². The smallest absolute Gasteiger partial charge is 0.272 e. The third-order valence-corrected chi connectivity index (χ3v) is 2.86. The van der Waals surface area contributed by atoms with Crippen molar-refractivity contribution in [2.45, 2.75) is 12.8 Å². The van der Waals surface area contributed by atoms with Crippen molar-refractivity contribution in [3.05, 3.63) is 23.9 Å². The topological polar surface area (TPSA) is 93.0 Å². The summed E-state index contributed by atoms with van der Waals surface area (Å²) in [6, 6.07) is 5.33. The van der Waals surface area contributed by atoms with E-state index in [1.807, 2.05) is 6.07 Å². The average molecular weight is 262 g/mol. The Morgan fingerprint density at radius 1 is 1.47 bits per heavy atom. The number of unbranched alkanes of at least 4 members (excludes halogenated alkanes) is 1. The summed E-state index contributed by atoms with van der Waals surface area (Å²) in [7, 11) is 1.67. The number of nitrogen functional groups attached to an aromatic ring is 1. The second-order valence-electron chi connectivity index (χ2n) is 4.33. The Kier molecular flexibility index (Phi) is 4.35. The van der Waals surface area contributed by atoms with Gasteiger partial charge < -0.3 is 15.8 Å². The number of nitrogens with zero attached hydrogens (tertiary/aromatic N) is 1. The van der Waals surface area contributed by atoms with E-state index in [0.717, 1.165) is 23.7 Å². The molecular formula is C13H18N4O2. The summed E-state index contributed by atoms with van der Waals surface area (Å²) >= 11 is 0. The van der Waals surface area contributed by atoms with Gasteiger partial charge >= 0.3 is 0 Å². The minimum absolute atomic E-state index is 0.186. The molecule has 1 aromatic heterocycles. The number of aromatic nitrogens is 2. The highest BCUT2D eigenvalue weighted by atomic mass is 16.5. The quantitative estimate of drug-likeness (QED) is 0.540. The van der Waals surface area contributed by atoms with Crippen LogP contribution in [-0.4, -0.2) is 36.4 Å². The molecule has 0 atom stereocenters. The molecule has 6 heteroatoms. The number of H-pyrrole nitrogens is 1. The molecular weight excluding hydrogens is 244 g/mol. The molecule has 0 saturated heterocycles. The van der Waals surface area contributed by atoms with Crippen LogP contribution in [0.25, 0.3) is 10.9 Å². The molecule has 6 nitrogen and oxygen atoms in total. The van der Waals surface area contributed by atoms with Crippen molar-refractivity contribution in [2.75, 3.05) is 26.0 Å². The Hall–Kier alpha value is -2.08. The third kappa shape index (κ3) is 3.23. The first-order valence-corrected chi connectivity index (χ1v) is 6.23. The zero-order chi connectivity index (χ0) is 13.7. The Balaban J connectivity index is 1.99. The van der Waals surface area contributed by atoms with Gasteiger partial charge in [-0.25, -0.2) is 0 Å². The zero-order valence-corrected chi connectivity index (χ0v) is 10.9. The molecule has 0 spiro atoms. The van der Waals surface area contributed by atoms with Gasteiger partial charge in [0.2, 0.25) is 0 Å². The van der Waals surface area contributed by atoms with Gasteiger partial charge in [-0.05, 0) is 31.0 Å². The number of amides is 1. The number of carbonyl (C=O) groups excluding carboxylic acids is 1. The van der Waals surface area contributed by atoms with Gasteiger partial charge in [0, 0.05) is 31.3 Å². The summed E-state index contributed by atoms with van der Waals surface area (Å²) in [5.41, 5.74) is 7.52. The van der Waals surface area contributed by atoms with E-state index in [1.54, 1.807) is 19.2 Å². The normalized spacial score (nSPS) is 10.8. The van der Waals surface area contributed by atoms with Gasteiger partial charge in [0.25, 0.3) is 5.91 Å². The number of rotatable bonds is 6. The van der Waals surface area contributed by atoms with Crippen LogP contribution in [0.4, 0.5) is 5.69 Å². The highest BCUT2D eigenvalue weighted by Crippen LogP contribution is 2.18. The SMILES string of the molecule is COCCCCNC(=O)c1n[nH]c2ccc(N)cc12. The fourth-order valence-corrected chi connectivity index (χ4v) is 1.86. The molecule has 0 radical (unpaired) electrons. The van der Waals surface area contributed by atoms with Crippen LogP contribution in [0.5, 0.6) is 0 Å². The van der Waals surface area contributed by atoms with Crippen molar-refractivity contribution in [3.63, 3.8) is 0 Å². The fourth-order valence-electron chi connectivity index (χ4n) is 1.86. The number of aromatic amines is 1. The minimum atomic E-state index is -0.186. The van der Waals surface area contributed by atoms with E-state index in [9.17, 15) is 4.79 Å². The lowest BCUT2D eigenvalue weighted by atomic mass is 10.2. The molecule has 2 rings (SSSR count). The first-order valence-electron chi connectivity index (χ1n) is 6.23. The maximum Gasteiger partial charge on any atom is 0.272 e. The maximum atomic E-state index is 12.0. The Bertz CT molecular complexity index is 565. The predicted molar refractivity (Wildman–Crippen MR) is 73.9 cm³/mol. The molecule has 1 aromatic carbocycles. The number of fused-ring (bicyclic) bond motifs is 1. The summed E-state index contributed by atoms with van der Waals surface area (Å²) in [6.45, 7) is 1.32. The molecule has 1 amide bonds. The summed E-state index contributed by atoms with van der Waals surface area (Å²) in [4.78, 5) is 12.0. The summed E-state index contributed by atoms with van der Waals surface area (Å²) in [5.74, 6) is -0.186. The van der Waals surface area contributed by atoms with Crippen molar-refractivity contribution in [2.24, 2.45) is 0 Å². The van der Waals surface area contributed by atoms with Crippen molar-refractivity contribution in [1.82, 2.24) is 15.5 Å². The Morgan fingerprint density at radius 3 is 3.11 bits per heavy atom. The second kappa shape index (κ2) is 6.19. The number of nitrogens with one attached hydrogen (secondary N) is 2. The highest BCUT2D eigenvalue weighted by Gasteiger charge is 2.13. The average Bonchev–Trinajstić information content (AvgIpc) is 2.81. The number of benzene rings is 1. The molecule has 0 aliphatic carbocycles. The Labute approximate surface area is 111 Å². The summed E-state index contributed by atoms with van der Waals surface area (Å²) < 4.78 is 4.95. The summed E-state index contributed by atoms with van der Waals surface area (Å²) in [6.07, 6.45) is 1.80. The van der Waals surface area contributed by atoms with E-state index in [2.05, 4.69) is 15.5 Å². The first-order chi connectivity index (χ1) is 9.22. The molecule has 0 aliphatic rings. The maximum absolute atomic E-state index is 12.0. The molecule has 0 saturated carbocycles. The number of hydrogen-bond acceptors (Lipinski definition) is 4. The van der Waals surface area contributed by atoms with Gasteiger partial charge in [-0.15, -0.1) is 0 Å². The van der Waals surface area contributed by atoms with Gasteiger partial charge in [-0.2, -0.15) is 5.10 Å². The van der Waals surface area contributed by atoms with Gasteiger partial charge in [-0.1, -0.05) is 0 Å². The van der Waals surface area contributed by atoms with E-state index in [4.69, 9.17) is 10.5 Å². The molecule has 4 N–H and O–H groups in total. The van der Waals surface area contributed by atoms with E-state index in [-0.39, 0.29) is 5.91 Å². The molecule has 2 aromatic rings. The van der Waals surface area contributed by atoms with Crippen molar-refractivity contribution in [1.29, 1.82) is 0 Å². The van der Waals surface area contributed by atoms with Crippen molar-refractivity contribution in [3.8, 4) is 0 Å². The van der Waals surface area contributed by atoms with E-state index < -0.39 is 0 Å². The molecule has 102 valence electrons. The van der Waals surface area contributed by atoms with E-state index in [1.165, 1.54) is 0 Å². The lowest BCUT2D eigenvalue weighted by Gasteiger charge is -2.03. The largest absolute Gasteiger partial charge is 0.399 e. The van der Waals surface area contributed by atoms with Crippen molar-refractivity contribution < 1.29 is 9.53 Å². The van der Waals surface area contributed by atoms with Crippen LogP contribution in [0.2, 0.25) is 0 Å². The van der Waals surface area contributed by atoms with Gasteiger partial charge in [0.05, 0.1) is 5.52 Å². The monoisotopic (exact) mass is 262 g/mol. The van der Waals surface area contributed by atoms with Crippen LogP contribution in [-0.2, 0) is 4.74 Å². The van der Waals surface area contributed by atoms with Crippen LogP contribution in [0.1, 0.15) is 23.3 Å². The number of ether oxygens (including phenoxy) is 1. The predicted octanol–water partition coefficient (Wildman–Crippen LogP) is 1.30. The molecule has 0 aliphatic heterocycles. The molecule has 1 heterocycles. The zero-order valence-electron chi connectivity index (χ0n) is 10.9. The van der Waals surface area contributed by atoms with Gasteiger partial charge in [0.15, 0.2) is 5.69 Å². The lowest BCUT2D eigenvalue weighted by Crippen LogP contribution is -2.25. The Morgan fingerprint density at radius 2 is 2.32 bits per heavy atom. The van der Waals surface area contributed by atoms with Crippen LogP contribution in [0.15, 0.2) is 18.2 Å². The number of carbonyl (C=O) groups is 1. The van der Waals surface area contributed by atoms with Crippen LogP contribution in [0.3, 0.4) is 0 Å². The van der Waals surface area contributed by atoms with E-state index in [0.29, 0.717) is 24.5 Å². The standard InChI is InChI=1S/C13H18N4O2/c1-19-7-3-2-6-15-13(18)12-10-8-9(14)4-5-11(10)16-17-12/h4-5,8H,2-3,6-7,14H2,1H3,(H,15,18)(H,16,17). The van der Waals surface area contributed by atoms with Crippen LogP contribution < -0.4 is 11.1 Å². The van der Waals surface area contributed by atoms with Crippen LogP contribution >= 0.6 is 0 Å². The van der Waals surface area contributed by atoms with Gasteiger partial charge in [0.1, 0.15) is 0 Å². The molecule has 19 heavy (non-hydrogen) atoms. The van der Waals surface area contributed by atoms with Crippen molar-refractivity contribution >= 4 is 22.5 Å². The minimum Gasteiger partial charge on any atom is -0.399 e. The van der Waals surface area contributed by atoms with Gasteiger partial charge in [-0.3, -0.25) is 9.89 Å². The molecule has 0 bridgehead atoms. The number of nitrogens with two attached hydrogens (primary N) is 1. The number of methoxy groups -OCH3 is 1. The lowest BCUT2D eigenvalue weighted by molar-refractivity contribution is 0.0948. The third-order valence-electron chi connectivity index (χ3n) is 2.86. The molecule has 0 unspecified atom stereocenters.